The zero-order valence-electron chi connectivity index (χ0n) is 10.8. The van der Waals surface area contributed by atoms with Gasteiger partial charge in [-0.1, -0.05) is 0 Å². The minimum atomic E-state index is 0.139. The molecule has 3 heterocycles. The lowest BCUT2D eigenvalue weighted by molar-refractivity contribution is -0.138. The third-order valence-electron chi connectivity index (χ3n) is 4.14. The molecule has 2 aliphatic rings. The highest BCUT2D eigenvalue weighted by Gasteiger charge is 2.32. The molecule has 18 heavy (non-hydrogen) atoms. The molecule has 1 fully saturated rings. The summed E-state index contributed by atoms with van der Waals surface area (Å²) >= 11 is 0. The second-order valence-corrected chi connectivity index (χ2v) is 5.29. The third-order valence-corrected chi connectivity index (χ3v) is 4.14. The van der Waals surface area contributed by atoms with Gasteiger partial charge >= 0.3 is 0 Å². The number of aromatic nitrogens is 2. The molecule has 2 unspecified atom stereocenters. The number of hydrogen-bond acceptors (Lipinski definition) is 3. The van der Waals surface area contributed by atoms with Gasteiger partial charge in [0.05, 0.1) is 12.5 Å². The van der Waals surface area contributed by atoms with Crippen LogP contribution in [0.25, 0.3) is 0 Å². The summed E-state index contributed by atoms with van der Waals surface area (Å²) < 4.78 is 2.13. The molecule has 1 aromatic rings. The van der Waals surface area contributed by atoms with Crippen molar-refractivity contribution in [3.63, 3.8) is 0 Å². The molecule has 0 spiro atoms. The van der Waals surface area contributed by atoms with Crippen molar-refractivity contribution in [1.29, 1.82) is 0 Å². The van der Waals surface area contributed by atoms with E-state index >= 15 is 0 Å². The Morgan fingerprint density at radius 2 is 2.39 bits per heavy atom. The zero-order valence-corrected chi connectivity index (χ0v) is 10.8. The fourth-order valence-electron chi connectivity index (χ4n) is 2.98. The second kappa shape index (κ2) is 4.72. The first-order chi connectivity index (χ1) is 8.75. The van der Waals surface area contributed by atoms with E-state index in [2.05, 4.69) is 21.8 Å². The zero-order chi connectivity index (χ0) is 12.5. The topological polar surface area (TPSA) is 50.2 Å². The number of fused-ring (bicyclic) bond motifs is 1. The Kier molecular flexibility index (Phi) is 3.07. The van der Waals surface area contributed by atoms with Gasteiger partial charge in [0.1, 0.15) is 5.82 Å². The van der Waals surface area contributed by atoms with Crippen molar-refractivity contribution >= 4 is 5.91 Å². The molecule has 2 aliphatic heterocycles. The maximum atomic E-state index is 12.5. The van der Waals surface area contributed by atoms with Crippen LogP contribution >= 0.6 is 0 Å². The van der Waals surface area contributed by atoms with Gasteiger partial charge in [-0.2, -0.15) is 0 Å². The van der Waals surface area contributed by atoms with E-state index in [1.54, 1.807) is 0 Å². The number of piperidine rings is 1. The van der Waals surface area contributed by atoms with Gasteiger partial charge in [0.15, 0.2) is 0 Å². The Morgan fingerprint density at radius 1 is 1.50 bits per heavy atom. The first kappa shape index (κ1) is 11.7. The molecule has 0 saturated carbocycles. The number of carbonyl (C=O) groups is 1. The summed E-state index contributed by atoms with van der Waals surface area (Å²) in [5.41, 5.74) is 0. The first-order valence-electron chi connectivity index (χ1n) is 6.78. The molecular formula is C13H20N4O. The van der Waals surface area contributed by atoms with E-state index < -0.39 is 0 Å². The second-order valence-electron chi connectivity index (χ2n) is 5.29. The molecule has 0 aliphatic carbocycles. The van der Waals surface area contributed by atoms with Crippen molar-refractivity contribution in [1.82, 2.24) is 19.8 Å². The minimum Gasteiger partial charge on any atom is -0.333 e. The largest absolute Gasteiger partial charge is 0.333 e. The summed E-state index contributed by atoms with van der Waals surface area (Å²) in [6.07, 6.45) is 5.91. The number of carbonyl (C=O) groups excluding carboxylic acids is 1. The van der Waals surface area contributed by atoms with Crippen LogP contribution in [0.5, 0.6) is 0 Å². The van der Waals surface area contributed by atoms with Crippen LogP contribution in [-0.2, 0) is 17.9 Å². The van der Waals surface area contributed by atoms with E-state index in [-0.39, 0.29) is 5.92 Å². The highest BCUT2D eigenvalue weighted by atomic mass is 16.2. The molecule has 5 heteroatoms. The predicted molar refractivity (Wildman–Crippen MR) is 67.8 cm³/mol. The number of rotatable bonds is 1. The summed E-state index contributed by atoms with van der Waals surface area (Å²) in [5.74, 6) is 1.44. The molecule has 1 aromatic heterocycles. The molecule has 5 nitrogen and oxygen atoms in total. The number of nitrogens with one attached hydrogen (secondary N) is 1. The molecule has 3 rings (SSSR count). The van der Waals surface area contributed by atoms with E-state index in [0.29, 0.717) is 18.5 Å². The van der Waals surface area contributed by atoms with E-state index in [1.165, 1.54) is 0 Å². The summed E-state index contributed by atoms with van der Waals surface area (Å²) in [5, 5.41) is 3.40. The van der Waals surface area contributed by atoms with Crippen molar-refractivity contribution in [2.45, 2.75) is 38.9 Å². The Bertz CT molecular complexity index is 442. The van der Waals surface area contributed by atoms with Crippen LogP contribution in [0.15, 0.2) is 12.4 Å². The van der Waals surface area contributed by atoms with E-state index in [0.717, 1.165) is 38.3 Å². The standard InChI is InChI=1S/C13H20N4O/c1-10-11(3-2-4-14-10)13(18)17-8-7-16-6-5-15-12(16)9-17/h5-6,10-11,14H,2-4,7-9H2,1H3. The number of nitrogens with zero attached hydrogens (tertiary/aromatic N) is 3. The Labute approximate surface area is 107 Å². The molecule has 2 atom stereocenters. The first-order valence-corrected chi connectivity index (χ1v) is 6.78. The van der Waals surface area contributed by atoms with Crippen LogP contribution in [0.2, 0.25) is 0 Å². The van der Waals surface area contributed by atoms with E-state index in [4.69, 9.17) is 0 Å². The van der Waals surface area contributed by atoms with Gasteiger partial charge < -0.3 is 14.8 Å². The highest BCUT2D eigenvalue weighted by molar-refractivity contribution is 5.79. The van der Waals surface area contributed by atoms with Crippen LogP contribution in [-0.4, -0.2) is 39.5 Å². The summed E-state index contributed by atoms with van der Waals surface area (Å²) in [6, 6.07) is 0.299. The van der Waals surface area contributed by atoms with E-state index in [9.17, 15) is 4.79 Å². The fraction of sp³-hybridized carbons (Fsp3) is 0.692. The van der Waals surface area contributed by atoms with Crippen molar-refractivity contribution in [2.24, 2.45) is 5.92 Å². The molecule has 1 amide bonds. The third kappa shape index (κ3) is 2.03. The molecule has 0 radical (unpaired) electrons. The van der Waals surface area contributed by atoms with Crippen LogP contribution < -0.4 is 5.32 Å². The molecule has 0 bridgehead atoms. The number of imidazole rings is 1. The lowest BCUT2D eigenvalue weighted by Crippen LogP contribution is -2.49. The van der Waals surface area contributed by atoms with E-state index in [1.807, 2.05) is 17.3 Å². The van der Waals surface area contributed by atoms with Gasteiger partial charge in [0.2, 0.25) is 5.91 Å². The van der Waals surface area contributed by atoms with Crippen molar-refractivity contribution in [3.8, 4) is 0 Å². The molecular weight excluding hydrogens is 228 g/mol. The van der Waals surface area contributed by atoms with Crippen LogP contribution in [0.1, 0.15) is 25.6 Å². The van der Waals surface area contributed by atoms with Gasteiger partial charge in [-0.25, -0.2) is 4.98 Å². The van der Waals surface area contributed by atoms with Gasteiger partial charge in [-0.15, -0.1) is 0 Å². The fourth-order valence-corrected chi connectivity index (χ4v) is 2.98. The Balaban J connectivity index is 1.70. The summed E-state index contributed by atoms with van der Waals surface area (Å²) in [7, 11) is 0. The summed E-state index contributed by atoms with van der Waals surface area (Å²) in [6.45, 7) is 5.50. The SMILES string of the molecule is CC1NCCCC1C(=O)N1CCn2ccnc2C1. The highest BCUT2D eigenvalue weighted by Crippen LogP contribution is 2.21. The van der Waals surface area contributed by atoms with Crippen LogP contribution in [0.4, 0.5) is 0 Å². The van der Waals surface area contributed by atoms with Crippen molar-refractivity contribution < 1.29 is 4.79 Å². The van der Waals surface area contributed by atoms with Crippen molar-refractivity contribution in [3.05, 3.63) is 18.2 Å². The molecule has 1 N–H and O–H groups in total. The maximum absolute atomic E-state index is 12.5. The van der Waals surface area contributed by atoms with Gasteiger partial charge in [-0.3, -0.25) is 4.79 Å². The smallest absolute Gasteiger partial charge is 0.227 e. The average Bonchev–Trinajstić information content (AvgIpc) is 2.85. The lowest BCUT2D eigenvalue weighted by atomic mass is 9.90. The minimum absolute atomic E-state index is 0.139. The quantitative estimate of drug-likeness (QED) is 0.792. The number of amides is 1. The Hall–Kier alpha value is -1.36. The van der Waals surface area contributed by atoms with Crippen LogP contribution in [0, 0.1) is 5.92 Å². The summed E-state index contributed by atoms with van der Waals surface area (Å²) in [4.78, 5) is 18.8. The Morgan fingerprint density at radius 3 is 3.22 bits per heavy atom. The molecule has 98 valence electrons. The monoisotopic (exact) mass is 248 g/mol. The van der Waals surface area contributed by atoms with Gasteiger partial charge in [0.25, 0.3) is 0 Å². The molecule has 1 saturated heterocycles. The lowest BCUT2D eigenvalue weighted by Gasteiger charge is -2.35. The van der Waals surface area contributed by atoms with Gasteiger partial charge in [-0.05, 0) is 26.3 Å². The average molecular weight is 248 g/mol. The van der Waals surface area contributed by atoms with Crippen molar-refractivity contribution in [2.75, 3.05) is 13.1 Å². The predicted octanol–water partition coefficient (Wildman–Crippen LogP) is 0.613. The maximum Gasteiger partial charge on any atom is 0.227 e. The van der Waals surface area contributed by atoms with Gasteiger partial charge in [0, 0.05) is 31.5 Å². The number of hydrogen-bond donors (Lipinski definition) is 1. The van der Waals surface area contributed by atoms with Crippen LogP contribution in [0.3, 0.4) is 0 Å². The molecule has 0 aromatic carbocycles. The normalized spacial score (nSPS) is 27.9.